The van der Waals surface area contributed by atoms with E-state index < -0.39 is 36.8 Å². The van der Waals surface area contributed by atoms with Crippen LogP contribution in [0.2, 0.25) is 0 Å². The van der Waals surface area contributed by atoms with Gasteiger partial charge in [-0.2, -0.15) is 4.98 Å². The summed E-state index contributed by atoms with van der Waals surface area (Å²) in [6.07, 6.45) is -1.78. The van der Waals surface area contributed by atoms with Crippen molar-refractivity contribution in [3.05, 3.63) is 64.4 Å². The molecule has 1 aliphatic rings. The van der Waals surface area contributed by atoms with Gasteiger partial charge in [0.2, 0.25) is 5.71 Å². The Morgan fingerprint density at radius 3 is 2.59 bits per heavy atom. The van der Waals surface area contributed by atoms with Gasteiger partial charge in [-0.15, -0.1) is 0 Å². The second-order valence-corrected chi connectivity index (χ2v) is 6.62. The van der Waals surface area contributed by atoms with Gasteiger partial charge in [0.1, 0.15) is 24.1 Å². The Kier molecular flexibility index (Phi) is 4.79. The molecule has 8 nitrogen and oxygen atoms in total. The summed E-state index contributed by atoms with van der Waals surface area (Å²) in [6.45, 7) is -0.464. The molecule has 8 heteroatoms. The third kappa shape index (κ3) is 3.40. The molecule has 3 heterocycles. The maximum atomic E-state index is 12.3. The zero-order valence-electron chi connectivity index (χ0n) is 14.4. The second-order valence-electron chi connectivity index (χ2n) is 6.62. The molecule has 1 saturated heterocycles. The van der Waals surface area contributed by atoms with Crippen LogP contribution in [0.25, 0.3) is 11.1 Å². The van der Waals surface area contributed by atoms with Crippen molar-refractivity contribution in [3.63, 3.8) is 0 Å². The van der Waals surface area contributed by atoms with Crippen molar-refractivity contribution in [3.8, 4) is 0 Å². The molecule has 1 aromatic carbocycles. The van der Waals surface area contributed by atoms with Crippen molar-refractivity contribution in [1.82, 2.24) is 9.55 Å². The van der Waals surface area contributed by atoms with Crippen molar-refractivity contribution in [2.45, 2.75) is 37.4 Å². The Labute approximate surface area is 154 Å². The molecule has 0 saturated carbocycles. The van der Waals surface area contributed by atoms with Crippen molar-refractivity contribution in [2.24, 2.45) is 0 Å². The molecule has 4 rings (SSSR count). The highest BCUT2D eigenvalue weighted by atomic mass is 16.6. The summed E-state index contributed by atoms with van der Waals surface area (Å²) < 4.78 is 12.2. The van der Waals surface area contributed by atoms with Crippen molar-refractivity contribution in [2.75, 3.05) is 6.61 Å². The van der Waals surface area contributed by atoms with Crippen molar-refractivity contribution >= 4 is 11.1 Å². The van der Waals surface area contributed by atoms with Gasteiger partial charge in [0.15, 0.2) is 6.23 Å². The van der Waals surface area contributed by atoms with E-state index in [0.717, 1.165) is 11.0 Å². The highest BCUT2D eigenvalue weighted by Crippen LogP contribution is 2.29. The van der Waals surface area contributed by atoms with Crippen LogP contribution in [0.4, 0.5) is 0 Å². The number of fused-ring (bicyclic) bond motifs is 1. The molecule has 4 atom stereocenters. The first-order valence-electron chi connectivity index (χ1n) is 8.75. The second kappa shape index (κ2) is 7.24. The van der Waals surface area contributed by atoms with Crippen LogP contribution >= 0.6 is 0 Å². The van der Waals surface area contributed by atoms with Crippen LogP contribution in [-0.2, 0) is 17.6 Å². The first-order chi connectivity index (χ1) is 13.1. The van der Waals surface area contributed by atoms with E-state index in [9.17, 15) is 20.1 Å². The Balaban J connectivity index is 1.59. The number of ether oxygens (including phenoxy) is 1. The average Bonchev–Trinajstić information content (AvgIpc) is 3.20. The van der Waals surface area contributed by atoms with E-state index in [1.165, 1.54) is 11.8 Å². The quantitative estimate of drug-likeness (QED) is 0.593. The normalized spacial score (nSPS) is 25.3. The van der Waals surface area contributed by atoms with Gasteiger partial charge in [-0.3, -0.25) is 4.57 Å². The minimum absolute atomic E-state index is 0.214. The number of hydrogen-bond donors (Lipinski definition) is 3. The molecule has 3 N–H and O–H groups in total. The van der Waals surface area contributed by atoms with Gasteiger partial charge in [0.25, 0.3) is 0 Å². The smallest absolute Gasteiger partial charge is 0.353 e. The predicted octanol–water partition coefficient (Wildman–Crippen LogP) is 0.386. The van der Waals surface area contributed by atoms with Crippen LogP contribution in [0.15, 0.2) is 51.8 Å². The fourth-order valence-electron chi connectivity index (χ4n) is 3.30. The van der Waals surface area contributed by atoms with Gasteiger partial charge in [-0.1, -0.05) is 30.3 Å². The van der Waals surface area contributed by atoms with Gasteiger partial charge in [-0.25, -0.2) is 4.79 Å². The Morgan fingerprint density at radius 1 is 1.11 bits per heavy atom. The lowest BCUT2D eigenvalue weighted by molar-refractivity contribution is -0.0547. The summed E-state index contributed by atoms with van der Waals surface area (Å²) in [4.78, 5) is 16.2. The van der Waals surface area contributed by atoms with Crippen LogP contribution in [0.1, 0.15) is 17.6 Å². The lowest BCUT2D eigenvalue weighted by Crippen LogP contribution is -2.35. The molecule has 0 spiro atoms. The molecule has 142 valence electrons. The fourth-order valence-corrected chi connectivity index (χ4v) is 3.30. The van der Waals surface area contributed by atoms with Crippen LogP contribution in [0.3, 0.4) is 0 Å². The Hall–Kier alpha value is -2.52. The van der Waals surface area contributed by atoms with Crippen LogP contribution in [0.5, 0.6) is 0 Å². The Bertz CT molecular complexity index is 983. The number of rotatable bonds is 5. The summed E-state index contributed by atoms with van der Waals surface area (Å²) in [5.41, 5.74) is 0.726. The molecule has 3 aromatic rings. The standard InChI is InChI=1S/C19H20N2O6/c22-10-14-15(23)16(24)18(27-14)21-9-12-8-13(26-17(12)20-19(21)25)7-6-11-4-2-1-3-5-11/h1-5,8-9,14-16,18,22-24H,6-7,10H2/t14-,15-,16+,18-/m1/s1. The molecule has 2 aromatic heterocycles. The van der Waals surface area contributed by atoms with Crippen LogP contribution in [-0.4, -0.2) is 49.8 Å². The third-order valence-corrected chi connectivity index (χ3v) is 4.78. The van der Waals surface area contributed by atoms with E-state index >= 15 is 0 Å². The van der Waals surface area contributed by atoms with Gasteiger partial charge in [0, 0.05) is 12.6 Å². The summed E-state index contributed by atoms with van der Waals surface area (Å²) in [5.74, 6) is 0.694. The predicted molar refractivity (Wildman–Crippen MR) is 95.1 cm³/mol. The monoisotopic (exact) mass is 372 g/mol. The zero-order valence-corrected chi connectivity index (χ0v) is 14.4. The summed E-state index contributed by atoms with van der Waals surface area (Å²) in [5, 5.41) is 29.8. The number of aliphatic hydroxyl groups excluding tert-OH is 3. The number of aryl methyl sites for hydroxylation is 2. The molecule has 0 bridgehead atoms. The molecule has 1 aliphatic heterocycles. The molecular weight excluding hydrogens is 352 g/mol. The van der Waals surface area contributed by atoms with Crippen LogP contribution < -0.4 is 5.69 Å². The lowest BCUT2D eigenvalue weighted by atomic mass is 10.1. The highest BCUT2D eigenvalue weighted by molar-refractivity contribution is 5.72. The number of hydrogen-bond acceptors (Lipinski definition) is 7. The third-order valence-electron chi connectivity index (χ3n) is 4.78. The van der Waals surface area contributed by atoms with E-state index in [2.05, 4.69) is 4.98 Å². The molecule has 27 heavy (non-hydrogen) atoms. The number of benzene rings is 1. The van der Waals surface area contributed by atoms with Crippen LogP contribution in [0, 0.1) is 0 Å². The lowest BCUT2D eigenvalue weighted by Gasteiger charge is -2.16. The molecule has 0 unspecified atom stereocenters. The number of aromatic nitrogens is 2. The first-order valence-corrected chi connectivity index (χ1v) is 8.75. The van der Waals surface area contributed by atoms with E-state index in [-0.39, 0.29) is 5.71 Å². The SMILES string of the molecule is O=c1nc2oc(CCc3ccccc3)cc2cn1[C@@H]1O[C@H](CO)[C@@H](O)[C@@H]1O. The molecular formula is C19H20N2O6. The number of nitrogens with zero attached hydrogens (tertiary/aromatic N) is 2. The summed E-state index contributed by atoms with van der Waals surface area (Å²) in [6, 6.07) is 11.8. The summed E-state index contributed by atoms with van der Waals surface area (Å²) >= 11 is 0. The topological polar surface area (TPSA) is 118 Å². The minimum Gasteiger partial charge on any atom is -0.443 e. The van der Waals surface area contributed by atoms with Gasteiger partial charge >= 0.3 is 5.69 Å². The van der Waals surface area contributed by atoms with E-state index in [0.29, 0.717) is 17.6 Å². The number of furan rings is 1. The Morgan fingerprint density at radius 2 is 1.89 bits per heavy atom. The highest BCUT2D eigenvalue weighted by Gasteiger charge is 2.43. The molecule has 0 aliphatic carbocycles. The zero-order chi connectivity index (χ0) is 19.0. The largest absolute Gasteiger partial charge is 0.443 e. The van der Waals surface area contributed by atoms with Crippen molar-refractivity contribution in [1.29, 1.82) is 0 Å². The molecule has 0 radical (unpaired) electrons. The van der Waals surface area contributed by atoms with Gasteiger partial charge in [-0.05, 0) is 18.1 Å². The maximum Gasteiger partial charge on any atom is 0.353 e. The van der Waals surface area contributed by atoms with Gasteiger partial charge < -0.3 is 24.5 Å². The van der Waals surface area contributed by atoms with E-state index in [1.54, 1.807) is 6.07 Å². The van der Waals surface area contributed by atoms with E-state index in [1.807, 2.05) is 30.3 Å². The first kappa shape index (κ1) is 17.9. The molecule has 1 fully saturated rings. The average molecular weight is 372 g/mol. The maximum absolute atomic E-state index is 12.3. The fraction of sp³-hybridized carbons (Fsp3) is 0.368. The molecule has 0 amide bonds. The number of aliphatic hydroxyl groups is 3. The minimum atomic E-state index is -1.34. The van der Waals surface area contributed by atoms with Crippen molar-refractivity contribution < 1.29 is 24.5 Å². The summed E-state index contributed by atoms with van der Waals surface area (Å²) in [7, 11) is 0. The van der Waals surface area contributed by atoms with Gasteiger partial charge in [0.05, 0.1) is 12.0 Å². The van der Waals surface area contributed by atoms with E-state index in [4.69, 9.17) is 9.15 Å².